The van der Waals surface area contributed by atoms with E-state index in [2.05, 4.69) is 125 Å². The lowest BCUT2D eigenvalue weighted by molar-refractivity contribution is 0.867. The van der Waals surface area contributed by atoms with E-state index in [0.717, 1.165) is 39.6 Å². The minimum atomic E-state index is 0.609. The second-order valence-corrected chi connectivity index (χ2v) is 10.1. The second-order valence-electron chi connectivity index (χ2n) is 10.1. The van der Waals surface area contributed by atoms with Gasteiger partial charge < -0.3 is 9.47 Å². The summed E-state index contributed by atoms with van der Waals surface area (Å²) in [6.07, 6.45) is 4.36. The van der Waals surface area contributed by atoms with Gasteiger partial charge in [-0.1, -0.05) is 104 Å². The fraction of sp³-hybridized carbons (Fsp3) is 0.0556. The van der Waals surface area contributed by atoms with Gasteiger partial charge in [0, 0.05) is 39.5 Å². The maximum atomic E-state index is 5.14. The molecule has 0 N–H and O–H groups in total. The van der Waals surface area contributed by atoms with Crippen LogP contribution in [0.4, 0.5) is 11.5 Å². The Morgan fingerprint density at radius 1 is 0.725 bits per heavy atom. The van der Waals surface area contributed by atoms with Gasteiger partial charge in [-0.15, -0.1) is 0 Å². The van der Waals surface area contributed by atoms with Gasteiger partial charge in [0.15, 0.2) is 5.82 Å². The third-order valence-corrected chi connectivity index (χ3v) is 7.48. The van der Waals surface area contributed by atoms with E-state index in [1.165, 1.54) is 22.2 Å². The number of aromatic nitrogens is 3. The Balaban J connectivity index is 1.52. The molecule has 4 aromatic carbocycles. The van der Waals surface area contributed by atoms with Gasteiger partial charge in [-0.2, -0.15) is 0 Å². The number of benzene rings is 4. The number of allylic oxidation sites excluding steroid dienone is 2. The molecule has 0 saturated carbocycles. The third kappa shape index (κ3) is 4.11. The molecule has 7 rings (SSSR count). The summed E-state index contributed by atoms with van der Waals surface area (Å²) in [5, 5.41) is 1.21. The van der Waals surface area contributed by atoms with Gasteiger partial charge in [0.05, 0.1) is 23.4 Å². The van der Waals surface area contributed by atoms with Crippen LogP contribution in [0.3, 0.4) is 0 Å². The Labute approximate surface area is 234 Å². The molecular formula is C36H28N4. The highest BCUT2D eigenvalue weighted by atomic mass is 15.2. The summed E-state index contributed by atoms with van der Waals surface area (Å²) in [6.45, 7) is 7.12. The second kappa shape index (κ2) is 9.83. The maximum Gasteiger partial charge on any atom is 0.161 e. The summed E-state index contributed by atoms with van der Waals surface area (Å²) >= 11 is 0. The highest BCUT2D eigenvalue weighted by Gasteiger charge is 2.25. The summed E-state index contributed by atoms with van der Waals surface area (Å²) in [6, 6.07) is 39.9. The SMILES string of the molecule is C=C1/C=C\c2c(n(-c3ccccc3)c3ccccc23)CN(c2cc(C)nc(-c3ccccc3)n2)c2ccccc21. The first-order chi connectivity index (χ1) is 19.7. The van der Waals surface area contributed by atoms with Crippen molar-refractivity contribution >= 4 is 34.1 Å². The molecule has 0 bridgehead atoms. The molecule has 0 atom stereocenters. The molecule has 0 unspecified atom stereocenters. The van der Waals surface area contributed by atoms with E-state index in [-0.39, 0.29) is 0 Å². The van der Waals surface area contributed by atoms with Crippen molar-refractivity contribution in [1.82, 2.24) is 14.5 Å². The van der Waals surface area contributed by atoms with Crippen LogP contribution in [0.2, 0.25) is 0 Å². The van der Waals surface area contributed by atoms with Crippen molar-refractivity contribution in [2.24, 2.45) is 0 Å². The number of fused-ring (bicyclic) bond motifs is 4. The van der Waals surface area contributed by atoms with E-state index in [1.54, 1.807) is 0 Å². The van der Waals surface area contributed by atoms with E-state index < -0.39 is 0 Å². The molecule has 0 aliphatic carbocycles. The van der Waals surface area contributed by atoms with Gasteiger partial charge in [-0.25, -0.2) is 9.97 Å². The van der Waals surface area contributed by atoms with Crippen LogP contribution in [-0.4, -0.2) is 14.5 Å². The van der Waals surface area contributed by atoms with Crippen LogP contribution in [0.25, 0.3) is 39.6 Å². The zero-order valence-electron chi connectivity index (χ0n) is 22.3. The normalized spacial score (nSPS) is 13.7. The van der Waals surface area contributed by atoms with Gasteiger partial charge in [-0.3, -0.25) is 0 Å². The summed E-state index contributed by atoms with van der Waals surface area (Å²) in [5.41, 5.74) is 9.69. The zero-order chi connectivity index (χ0) is 27.1. The van der Waals surface area contributed by atoms with Crippen molar-refractivity contribution in [3.63, 3.8) is 0 Å². The Kier molecular flexibility index (Phi) is 5.86. The Bertz CT molecular complexity index is 1900. The van der Waals surface area contributed by atoms with E-state index >= 15 is 0 Å². The molecule has 0 radical (unpaired) electrons. The average molecular weight is 517 g/mol. The average Bonchev–Trinajstić information content (AvgIpc) is 3.33. The zero-order valence-corrected chi connectivity index (χ0v) is 22.3. The number of nitrogens with zero attached hydrogens (tertiary/aromatic N) is 4. The van der Waals surface area contributed by atoms with Gasteiger partial charge in [0.1, 0.15) is 5.82 Å². The predicted molar refractivity (Wildman–Crippen MR) is 166 cm³/mol. The number of para-hydroxylation sites is 3. The lowest BCUT2D eigenvalue weighted by Crippen LogP contribution is -2.22. The molecule has 40 heavy (non-hydrogen) atoms. The largest absolute Gasteiger partial charge is 0.320 e. The first kappa shape index (κ1) is 23.9. The maximum absolute atomic E-state index is 5.14. The van der Waals surface area contributed by atoms with Crippen LogP contribution >= 0.6 is 0 Å². The van der Waals surface area contributed by atoms with Crippen LogP contribution in [0.5, 0.6) is 0 Å². The van der Waals surface area contributed by atoms with E-state index in [4.69, 9.17) is 9.97 Å². The Morgan fingerprint density at radius 3 is 2.25 bits per heavy atom. The molecule has 6 aromatic rings. The fourth-order valence-electron chi connectivity index (χ4n) is 5.63. The van der Waals surface area contributed by atoms with Crippen molar-refractivity contribution in [3.05, 3.63) is 150 Å². The fourth-order valence-corrected chi connectivity index (χ4v) is 5.63. The van der Waals surface area contributed by atoms with Crippen molar-refractivity contribution < 1.29 is 0 Å². The predicted octanol–water partition coefficient (Wildman–Crippen LogP) is 8.77. The molecule has 1 aliphatic heterocycles. The minimum absolute atomic E-state index is 0.609. The van der Waals surface area contributed by atoms with Gasteiger partial charge in [-0.05, 0) is 36.8 Å². The monoisotopic (exact) mass is 516 g/mol. The quantitative estimate of drug-likeness (QED) is 0.236. The van der Waals surface area contributed by atoms with Crippen LogP contribution in [0.1, 0.15) is 22.5 Å². The van der Waals surface area contributed by atoms with Crippen molar-refractivity contribution in [2.75, 3.05) is 4.90 Å². The summed E-state index contributed by atoms with van der Waals surface area (Å²) in [4.78, 5) is 12.3. The number of hydrogen-bond donors (Lipinski definition) is 0. The van der Waals surface area contributed by atoms with Crippen LogP contribution < -0.4 is 4.90 Å². The first-order valence-corrected chi connectivity index (χ1v) is 13.5. The van der Waals surface area contributed by atoms with Gasteiger partial charge >= 0.3 is 0 Å². The van der Waals surface area contributed by atoms with Crippen LogP contribution in [-0.2, 0) is 6.54 Å². The minimum Gasteiger partial charge on any atom is -0.320 e. The number of anilines is 2. The van der Waals surface area contributed by atoms with Gasteiger partial charge in [0.25, 0.3) is 0 Å². The highest BCUT2D eigenvalue weighted by Crippen LogP contribution is 2.39. The third-order valence-electron chi connectivity index (χ3n) is 7.48. The first-order valence-electron chi connectivity index (χ1n) is 13.5. The molecule has 2 aromatic heterocycles. The van der Waals surface area contributed by atoms with Crippen LogP contribution in [0, 0.1) is 6.92 Å². The smallest absolute Gasteiger partial charge is 0.161 e. The summed E-state index contributed by atoms with van der Waals surface area (Å²) in [5.74, 6) is 1.57. The van der Waals surface area contributed by atoms with E-state index in [9.17, 15) is 0 Å². The van der Waals surface area contributed by atoms with Crippen molar-refractivity contribution in [3.8, 4) is 17.1 Å². The molecule has 192 valence electrons. The van der Waals surface area contributed by atoms with Crippen molar-refractivity contribution in [1.29, 1.82) is 0 Å². The number of rotatable bonds is 3. The highest BCUT2D eigenvalue weighted by molar-refractivity contribution is 5.96. The van der Waals surface area contributed by atoms with Crippen molar-refractivity contribution in [2.45, 2.75) is 13.5 Å². The topological polar surface area (TPSA) is 34.0 Å². The number of aryl methyl sites for hydroxylation is 1. The molecule has 4 nitrogen and oxygen atoms in total. The molecule has 0 spiro atoms. The number of hydrogen-bond acceptors (Lipinski definition) is 3. The lowest BCUT2D eigenvalue weighted by Gasteiger charge is -2.28. The molecule has 1 aliphatic rings. The molecule has 0 saturated heterocycles. The van der Waals surface area contributed by atoms with E-state index in [1.807, 2.05) is 25.1 Å². The van der Waals surface area contributed by atoms with Gasteiger partial charge in [0.2, 0.25) is 0 Å². The Morgan fingerprint density at radius 2 is 1.43 bits per heavy atom. The van der Waals surface area contributed by atoms with E-state index in [0.29, 0.717) is 12.4 Å². The molecule has 0 amide bonds. The summed E-state index contributed by atoms with van der Waals surface area (Å²) in [7, 11) is 0. The standard InChI is InChI=1S/C36H28N4/c1-25-21-22-31-30-18-10-12-20-33(30)40(28-15-7-4-8-16-28)34(31)24-39(32-19-11-9-17-29(25)32)35-23-26(2)37-36(38-35)27-13-5-3-6-14-27/h3-23H,1,24H2,2H3/b22-21-. The molecule has 3 heterocycles. The molecular weight excluding hydrogens is 488 g/mol. The lowest BCUT2D eigenvalue weighted by atomic mass is 10.0. The molecule has 4 heteroatoms. The van der Waals surface area contributed by atoms with Crippen LogP contribution in [0.15, 0.2) is 128 Å². The summed E-state index contributed by atoms with van der Waals surface area (Å²) < 4.78 is 2.38. The molecule has 0 fully saturated rings. The Hall–Kier alpha value is -5.22.